The summed E-state index contributed by atoms with van der Waals surface area (Å²) in [6, 6.07) is 17.0. The number of nitrogens with two attached hydrogens (primary N) is 1. The second-order valence-electron chi connectivity index (χ2n) is 8.00. The molecule has 1 aromatic heterocycles. The maximum absolute atomic E-state index is 13.5. The largest absolute Gasteiger partial charge is 0.494 e. The quantitative estimate of drug-likeness (QED) is 0.451. The van der Waals surface area contributed by atoms with Gasteiger partial charge >= 0.3 is 5.69 Å². The van der Waals surface area contributed by atoms with Crippen molar-refractivity contribution in [2.45, 2.75) is 52.6 Å². The highest BCUT2D eigenvalue weighted by Crippen LogP contribution is 2.24. The number of hydrogen-bond donors (Lipinski definition) is 2. The first kappa shape index (κ1) is 24.8. The van der Waals surface area contributed by atoms with Gasteiger partial charge in [0.15, 0.2) is 5.69 Å². The zero-order valence-electron chi connectivity index (χ0n) is 19.8. The molecule has 0 saturated carbocycles. The third-order valence-electron chi connectivity index (χ3n) is 5.58. The third-order valence-corrected chi connectivity index (χ3v) is 5.58. The average molecular weight is 465 g/mol. The molecule has 3 rings (SSSR count). The first-order valence-corrected chi connectivity index (χ1v) is 11.6. The molecule has 1 heterocycles. The van der Waals surface area contributed by atoms with E-state index in [4.69, 9.17) is 10.5 Å². The number of nitrogen functional groups attached to an aromatic ring is 1. The Hall–Kier alpha value is -3.81. The lowest BCUT2D eigenvalue weighted by Crippen LogP contribution is -2.41. The van der Waals surface area contributed by atoms with Crippen LogP contribution in [0.5, 0.6) is 5.75 Å². The Balaban J connectivity index is 1.97. The Kier molecular flexibility index (Phi) is 8.67. The van der Waals surface area contributed by atoms with Gasteiger partial charge in [-0.15, -0.1) is 0 Å². The van der Waals surface area contributed by atoms with Crippen LogP contribution >= 0.6 is 0 Å². The van der Waals surface area contributed by atoms with E-state index in [1.54, 1.807) is 0 Å². The number of para-hydroxylation sites is 1. The van der Waals surface area contributed by atoms with Gasteiger partial charge in [-0.2, -0.15) is 0 Å². The molecular formula is C26H32N4O4. The van der Waals surface area contributed by atoms with E-state index in [2.05, 4.69) is 4.98 Å². The van der Waals surface area contributed by atoms with Gasteiger partial charge in [0.2, 0.25) is 5.91 Å². The molecule has 2 aromatic carbocycles. The van der Waals surface area contributed by atoms with E-state index < -0.39 is 11.2 Å². The number of aryl methyl sites for hydroxylation is 1. The number of aromatic amines is 1. The highest BCUT2D eigenvalue weighted by molar-refractivity contribution is 5.95. The SMILES string of the molecule is CCCCn1c(N)c(N(Cc2ccccc2)C(=O)CCc2ccccc2OCC)c(=O)[nH]c1=O. The van der Waals surface area contributed by atoms with Crippen molar-refractivity contribution in [2.75, 3.05) is 17.2 Å². The van der Waals surface area contributed by atoms with Crippen LogP contribution in [0.25, 0.3) is 0 Å². The number of benzene rings is 2. The van der Waals surface area contributed by atoms with Crippen molar-refractivity contribution in [2.24, 2.45) is 0 Å². The first-order valence-electron chi connectivity index (χ1n) is 11.6. The molecule has 180 valence electrons. The summed E-state index contributed by atoms with van der Waals surface area (Å²) in [5.74, 6) is 0.465. The van der Waals surface area contributed by atoms with Crippen molar-refractivity contribution >= 4 is 17.4 Å². The minimum Gasteiger partial charge on any atom is -0.494 e. The standard InChI is InChI=1S/C26H32N4O4/c1-3-5-17-29-24(27)23(25(32)28-26(29)33)30(18-19-11-7-6-8-12-19)22(31)16-15-20-13-9-10-14-21(20)34-4-2/h6-14H,3-5,15-18,27H2,1-2H3,(H,28,32,33). The van der Waals surface area contributed by atoms with Crippen LogP contribution in [-0.4, -0.2) is 22.1 Å². The van der Waals surface area contributed by atoms with Gasteiger partial charge < -0.3 is 15.4 Å². The van der Waals surface area contributed by atoms with Crippen molar-refractivity contribution in [1.29, 1.82) is 0 Å². The van der Waals surface area contributed by atoms with Crippen molar-refractivity contribution in [1.82, 2.24) is 9.55 Å². The van der Waals surface area contributed by atoms with E-state index in [0.29, 0.717) is 19.6 Å². The summed E-state index contributed by atoms with van der Waals surface area (Å²) in [6.45, 7) is 4.95. The van der Waals surface area contributed by atoms with Crippen LogP contribution in [0.15, 0.2) is 64.2 Å². The molecule has 34 heavy (non-hydrogen) atoms. The summed E-state index contributed by atoms with van der Waals surface area (Å²) in [5.41, 5.74) is 6.83. The molecule has 0 bridgehead atoms. The average Bonchev–Trinajstić information content (AvgIpc) is 2.83. The Morgan fingerprint density at radius 1 is 1.06 bits per heavy atom. The van der Waals surface area contributed by atoms with Crippen LogP contribution in [0.4, 0.5) is 11.5 Å². The summed E-state index contributed by atoms with van der Waals surface area (Å²) in [5, 5.41) is 0. The highest BCUT2D eigenvalue weighted by Gasteiger charge is 2.24. The van der Waals surface area contributed by atoms with Crippen LogP contribution in [-0.2, 0) is 24.3 Å². The topological polar surface area (TPSA) is 110 Å². The molecule has 0 atom stereocenters. The van der Waals surface area contributed by atoms with Gasteiger partial charge in [-0.05, 0) is 37.0 Å². The summed E-state index contributed by atoms with van der Waals surface area (Å²) >= 11 is 0. The highest BCUT2D eigenvalue weighted by atomic mass is 16.5. The van der Waals surface area contributed by atoms with Crippen LogP contribution in [0.3, 0.4) is 0 Å². The van der Waals surface area contributed by atoms with Crippen LogP contribution in [0.1, 0.15) is 44.2 Å². The fourth-order valence-electron chi connectivity index (χ4n) is 3.82. The number of anilines is 2. The molecule has 0 unspecified atom stereocenters. The minimum atomic E-state index is -0.672. The summed E-state index contributed by atoms with van der Waals surface area (Å²) in [4.78, 5) is 42.5. The molecule has 3 aromatic rings. The number of carbonyl (C=O) groups is 1. The molecule has 8 heteroatoms. The van der Waals surface area contributed by atoms with E-state index >= 15 is 0 Å². The van der Waals surface area contributed by atoms with Crippen LogP contribution in [0.2, 0.25) is 0 Å². The third kappa shape index (κ3) is 5.95. The van der Waals surface area contributed by atoms with Gasteiger partial charge in [0.1, 0.15) is 11.6 Å². The van der Waals surface area contributed by atoms with Crippen molar-refractivity contribution in [3.05, 3.63) is 86.6 Å². The number of carbonyl (C=O) groups excluding carboxylic acids is 1. The molecule has 0 aliphatic heterocycles. The van der Waals surface area contributed by atoms with Crippen LogP contribution in [0, 0.1) is 0 Å². The fourth-order valence-corrected chi connectivity index (χ4v) is 3.82. The van der Waals surface area contributed by atoms with Gasteiger partial charge in [-0.25, -0.2) is 4.79 Å². The summed E-state index contributed by atoms with van der Waals surface area (Å²) in [7, 11) is 0. The smallest absolute Gasteiger partial charge is 0.330 e. The summed E-state index contributed by atoms with van der Waals surface area (Å²) in [6.07, 6.45) is 2.15. The maximum Gasteiger partial charge on any atom is 0.330 e. The van der Waals surface area contributed by atoms with Gasteiger partial charge in [0.25, 0.3) is 5.56 Å². The Morgan fingerprint density at radius 2 is 1.76 bits per heavy atom. The van der Waals surface area contributed by atoms with Gasteiger partial charge in [-0.1, -0.05) is 61.9 Å². The van der Waals surface area contributed by atoms with Crippen molar-refractivity contribution in [3.8, 4) is 5.75 Å². The summed E-state index contributed by atoms with van der Waals surface area (Å²) < 4.78 is 7.01. The number of unbranched alkanes of at least 4 members (excludes halogenated alkanes) is 1. The number of hydrogen-bond acceptors (Lipinski definition) is 5. The number of nitrogens with zero attached hydrogens (tertiary/aromatic N) is 2. The zero-order chi connectivity index (χ0) is 24.5. The lowest BCUT2D eigenvalue weighted by Gasteiger charge is -2.25. The van der Waals surface area contributed by atoms with Crippen molar-refractivity contribution < 1.29 is 9.53 Å². The Morgan fingerprint density at radius 3 is 2.47 bits per heavy atom. The number of ether oxygens (including phenoxy) is 1. The first-order chi connectivity index (χ1) is 16.5. The molecule has 0 radical (unpaired) electrons. The number of H-pyrrole nitrogens is 1. The lowest BCUT2D eigenvalue weighted by atomic mass is 10.1. The second-order valence-corrected chi connectivity index (χ2v) is 8.00. The molecule has 0 spiro atoms. The Bertz CT molecular complexity index is 1220. The van der Waals surface area contributed by atoms with Gasteiger partial charge in [0.05, 0.1) is 13.2 Å². The maximum atomic E-state index is 13.5. The van der Waals surface area contributed by atoms with Gasteiger partial charge in [0, 0.05) is 13.0 Å². The molecule has 1 amide bonds. The molecule has 8 nitrogen and oxygen atoms in total. The molecule has 0 saturated heterocycles. The molecule has 0 fully saturated rings. The lowest BCUT2D eigenvalue weighted by molar-refractivity contribution is -0.118. The second kappa shape index (κ2) is 11.9. The monoisotopic (exact) mass is 464 g/mol. The number of nitrogens with one attached hydrogen (secondary N) is 1. The van der Waals surface area contributed by atoms with E-state index in [1.165, 1.54) is 9.47 Å². The minimum absolute atomic E-state index is 0.00111. The van der Waals surface area contributed by atoms with Gasteiger partial charge in [-0.3, -0.25) is 19.1 Å². The number of amides is 1. The molecule has 0 aliphatic rings. The molecule has 3 N–H and O–H groups in total. The number of aromatic nitrogens is 2. The van der Waals surface area contributed by atoms with E-state index in [0.717, 1.165) is 29.7 Å². The Labute approximate surface area is 199 Å². The van der Waals surface area contributed by atoms with E-state index in [9.17, 15) is 14.4 Å². The predicted octanol–water partition coefficient (Wildman–Crippen LogP) is 3.48. The fraction of sp³-hybridized carbons (Fsp3) is 0.346. The van der Waals surface area contributed by atoms with Crippen LogP contribution < -0.4 is 26.6 Å². The molecular weight excluding hydrogens is 432 g/mol. The van der Waals surface area contributed by atoms with E-state index in [-0.39, 0.29) is 30.4 Å². The normalized spacial score (nSPS) is 10.8. The molecule has 0 aliphatic carbocycles. The number of rotatable bonds is 11. The predicted molar refractivity (Wildman–Crippen MR) is 134 cm³/mol. The van der Waals surface area contributed by atoms with Crippen molar-refractivity contribution in [3.63, 3.8) is 0 Å². The van der Waals surface area contributed by atoms with E-state index in [1.807, 2.05) is 68.4 Å². The zero-order valence-corrected chi connectivity index (χ0v) is 19.8.